The molecule has 1 aromatic carbocycles. The lowest BCUT2D eigenvalue weighted by Crippen LogP contribution is -1.87. The molecule has 0 atom stereocenters. The topological polar surface area (TPSA) is 30.2 Å². The van der Waals surface area contributed by atoms with Gasteiger partial charge < -0.3 is 0 Å². The Bertz CT molecular complexity index is 671. The molecule has 0 radical (unpaired) electrons. The van der Waals surface area contributed by atoms with Gasteiger partial charge in [-0.15, -0.1) is 5.10 Å². The van der Waals surface area contributed by atoms with Crippen LogP contribution in [0, 0.1) is 6.92 Å². The largest absolute Gasteiger partial charge is 0.220 e. The summed E-state index contributed by atoms with van der Waals surface area (Å²) in [5, 5.41) is 4.46. The van der Waals surface area contributed by atoms with E-state index in [-0.39, 0.29) is 0 Å². The molecule has 2 heterocycles. The van der Waals surface area contributed by atoms with Crippen LogP contribution in [0.4, 0.5) is 0 Å². The summed E-state index contributed by atoms with van der Waals surface area (Å²) >= 11 is 3.42. The van der Waals surface area contributed by atoms with Gasteiger partial charge in [0.05, 0.1) is 0 Å². The molecule has 0 saturated carbocycles. The monoisotopic (exact) mass is 287 g/mol. The highest BCUT2D eigenvalue weighted by Gasteiger charge is 2.05. The number of aryl methyl sites for hydroxylation is 1. The standard InChI is InChI=1S/C13H10BrN3/c1-9-2-7-12-15-13(16-17(12)8-9)10-3-5-11(14)6-4-10/h2-8H,1H3. The highest BCUT2D eigenvalue weighted by molar-refractivity contribution is 9.10. The Hall–Kier alpha value is -1.68. The first kappa shape index (κ1) is 10.5. The fraction of sp³-hybridized carbons (Fsp3) is 0.0769. The second kappa shape index (κ2) is 3.96. The first-order valence-corrected chi connectivity index (χ1v) is 6.11. The van der Waals surface area contributed by atoms with Gasteiger partial charge in [0.25, 0.3) is 0 Å². The first-order chi connectivity index (χ1) is 8.22. The van der Waals surface area contributed by atoms with E-state index >= 15 is 0 Å². The summed E-state index contributed by atoms with van der Waals surface area (Å²) in [5.74, 6) is 0.753. The van der Waals surface area contributed by atoms with Gasteiger partial charge in [-0.3, -0.25) is 0 Å². The van der Waals surface area contributed by atoms with Crippen molar-refractivity contribution in [2.75, 3.05) is 0 Å². The maximum atomic E-state index is 4.49. The van der Waals surface area contributed by atoms with Crippen molar-refractivity contribution in [1.82, 2.24) is 14.6 Å². The number of fused-ring (bicyclic) bond motifs is 1. The molecule has 0 fully saturated rings. The minimum atomic E-state index is 0.753. The molecule has 0 bridgehead atoms. The van der Waals surface area contributed by atoms with E-state index in [9.17, 15) is 0 Å². The van der Waals surface area contributed by atoms with Crippen LogP contribution in [-0.4, -0.2) is 14.6 Å². The summed E-state index contributed by atoms with van der Waals surface area (Å²) in [6.07, 6.45) is 1.98. The van der Waals surface area contributed by atoms with Gasteiger partial charge in [-0.05, 0) is 30.7 Å². The van der Waals surface area contributed by atoms with Crippen molar-refractivity contribution >= 4 is 21.6 Å². The molecule has 0 spiro atoms. The quantitative estimate of drug-likeness (QED) is 0.686. The molecule has 0 aliphatic carbocycles. The van der Waals surface area contributed by atoms with Gasteiger partial charge in [-0.1, -0.05) is 34.1 Å². The Balaban J connectivity index is 2.14. The number of halogens is 1. The van der Waals surface area contributed by atoms with Crippen molar-refractivity contribution in [2.24, 2.45) is 0 Å². The van der Waals surface area contributed by atoms with Crippen LogP contribution in [0.25, 0.3) is 17.0 Å². The summed E-state index contributed by atoms with van der Waals surface area (Å²) in [4.78, 5) is 4.49. The zero-order chi connectivity index (χ0) is 11.8. The summed E-state index contributed by atoms with van der Waals surface area (Å²) in [7, 11) is 0. The highest BCUT2D eigenvalue weighted by atomic mass is 79.9. The fourth-order valence-corrected chi connectivity index (χ4v) is 1.97. The molecule has 84 valence electrons. The third-order valence-electron chi connectivity index (χ3n) is 2.58. The lowest BCUT2D eigenvalue weighted by Gasteiger charge is -1.94. The zero-order valence-corrected chi connectivity index (χ0v) is 10.8. The van der Waals surface area contributed by atoms with Crippen LogP contribution < -0.4 is 0 Å². The average molecular weight is 288 g/mol. The Morgan fingerprint density at radius 2 is 1.82 bits per heavy atom. The summed E-state index contributed by atoms with van der Waals surface area (Å²) in [6.45, 7) is 2.04. The van der Waals surface area contributed by atoms with Gasteiger partial charge in [0.15, 0.2) is 11.5 Å². The molecule has 3 nitrogen and oxygen atoms in total. The molecule has 17 heavy (non-hydrogen) atoms. The lowest BCUT2D eigenvalue weighted by molar-refractivity contribution is 0.956. The van der Waals surface area contributed by atoms with Crippen LogP contribution in [0.1, 0.15) is 5.56 Å². The van der Waals surface area contributed by atoms with Crippen LogP contribution in [-0.2, 0) is 0 Å². The molecule has 0 saturated heterocycles. The van der Waals surface area contributed by atoms with Gasteiger partial charge in [0.2, 0.25) is 0 Å². The smallest absolute Gasteiger partial charge is 0.182 e. The zero-order valence-electron chi connectivity index (χ0n) is 9.26. The predicted octanol–water partition coefficient (Wildman–Crippen LogP) is 3.47. The second-order valence-corrected chi connectivity index (χ2v) is 4.87. The lowest BCUT2D eigenvalue weighted by atomic mass is 10.2. The molecule has 4 heteroatoms. The maximum Gasteiger partial charge on any atom is 0.182 e. The van der Waals surface area contributed by atoms with E-state index in [4.69, 9.17) is 0 Å². The Kier molecular flexibility index (Phi) is 2.44. The summed E-state index contributed by atoms with van der Waals surface area (Å²) in [6, 6.07) is 12.0. The van der Waals surface area contributed by atoms with Crippen molar-refractivity contribution in [3.8, 4) is 11.4 Å². The van der Waals surface area contributed by atoms with E-state index in [1.54, 1.807) is 0 Å². The summed E-state index contributed by atoms with van der Waals surface area (Å²) < 4.78 is 2.87. The van der Waals surface area contributed by atoms with Crippen LogP contribution in [0.2, 0.25) is 0 Å². The second-order valence-electron chi connectivity index (χ2n) is 3.95. The van der Waals surface area contributed by atoms with Crippen molar-refractivity contribution in [3.63, 3.8) is 0 Å². The fourth-order valence-electron chi connectivity index (χ4n) is 1.71. The number of rotatable bonds is 1. The highest BCUT2D eigenvalue weighted by Crippen LogP contribution is 2.19. The minimum absolute atomic E-state index is 0.753. The van der Waals surface area contributed by atoms with E-state index in [1.807, 2.05) is 54.0 Å². The third kappa shape index (κ3) is 1.96. The molecular weight excluding hydrogens is 278 g/mol. The van der Waals surface area contributed by atoms with Crippen molar-refractivity contribution in [3.05, 3.63) is 52.6 Å². The van der Waals surface area contributed by atoms with Crippen molar-refractivity contribution < 1.29 is 0 Å². The maximum absolute atomic E-state index is 4.49. The molecule has 3 rings (SSSR count). The first-order valence-electron chi connectivity index (χ1n) is 5.31. The molecule has 3 aromatic rings. The Morgan fingerprint density at radius 1 is 1.06 bits per heavy atom. The van der Waals surface area contributed by atoms with E-state index in [0.29, 0.717) is 0 Å². The van der Waals surface area contributed by atoms with Gasteiger partial charge in [-0.25, -0.2) is 9.50 Å². The summed E-state index contributed by atoms with van der Waals surface area (Å²) in [5.41, 5.74) is 3.06. The van der Waals surface area contributed by atoms with Gasteiger partial charge in [0, 0.05) is 16.2 Å². The number of aromatic nitrogens is 3. The molecule has 0 amide bonds. The predicted molar refractivity (Wildman–Crippen MR) is 70.9 cm³/mol. The van der Waals surface area contributed by atoms with Crippen LogP contribution >= 0.6 is 15.9 Å². The molecule has 0 unspecified atom stereocenters. The molecule has 0 aliphatic heterocycles. The number of benzene rings is 1. The number of nitrogens with zero attached hydrogens (tertiary/aromatic N) is 3. The van der Waals surface area contributed by atoms with Gasteiger partial charge >= 0.3 is 0 Å². The van der Waals surface area contributed by atoms with Crippen LogP contribution in [0.3, 0.4) is 0 Å². The molecular formula is C13H10BrN3. The number of hydrogen-bond acceptors (Lipinski definition) is 2. The van der Waals surface area contributed by atoms with Crippen molar-refractivity contribution in [1.29, 1.82) is 0 Å². The Morgan fingerprint density at radius 3 is 2.59 bits per heavy atom. The average Bonchev–Trinajstić information content (AvgIpc) is 2.72. The molecule has 0 N–H and O–H groups in total. The number of pyridine rings is 1. The van der Waals surface area contributed by atoms with E-state index in [0.717, 1.165) is 21.5 Å². The molecule has 0 aliphatic rings. The number of hydrogen-bond donors (Lipinski definition) is 0. The van der Waals surface area contributed by atoms with Gasteiger partial charge in [-0.2, -0.15) is 0 Å². The van der Waals surface area contributed by atoms with Crippen LogP contribution in [0.15, 0.2) is 47.1 Å². The SMILES string of the molecule is Cc1ccc2nc(-c3ccc(Br)cc3)nn2c1. The third-order valence-corrected chi connectivity index (χ3v) is 3.11. The van der Waals surface area contributed by atoms with E-state index in [2.05, 4.69) is 26.0 Å². The Labute approximate surface area is 107 Å². The van der Waals surface area contributed by atoms with Gasteiger partial charge in [0.1, 0.15) is 0 Å². The molecule has 2 aromatic heterocycles. The minimum Gasteiger partial charge on any atom is -0.220 e. The normalized spacial score (nSPS) is 10.9. The van der Waals surface area contributed by atoms with Crippen molar-refractivity contribution in [2.45, 2.75) is 6.92 Å². The van der Waals surface area contributed by atoms with Crippen LogP contribution in [0.5, 0.6) is 0 Å². The van der Waals surface area contributed by atoms with E-state index < -0.39 is 0 Å². The van der Waals surface area contributed by atoms with E-state index in [1.165, 1.54) is 5.56 Å².